The van der Waals surface area contributed by atoms with Crippen molar-refractivity contribution >= 4 is 6.16 Å². The van der Waals surface area contributed by atoms with Crippen molar-refractivity contribution < 1.29 is 23.8 Å². The molecular weight excluding hydrogens is 134 g/mol. The fourth-order valence-corrected chi connectivity index (χ4v) is 0.0945. The highest BCUT2D eigenvalue weighted by atomic mass is 19.3. The van der Waals surface area contributed by atoms with Crippen molar-refractivity contribution in [3.8, 4) is 0 Å². The van der Waals surface area contributed by atoms with Gasteiger partial charge in [0.2, 0.25) is 5.92 Å². The number of rotatable bonds is 0. The number of hydrogen-bond donors (Lipinski definition) is 2. The first-order valence-corrected chi connectivity index (χ1v) is 2.24. The van der Waals surface area contributed by atoms with Gasteiger partial charge in [0.25, 0.3) is 0 Å². The van der Waals surface area contributed by atoms with Crippen molar-refractivity contribution in [3.63, 3.8) is 0 Å². The van der Waals surface area contributed by atoms with E-state index >= 15 is 0 Å². The van der Waals surface area contributed by atoms with Gasteiger partial charge in [0, 0.05) is 12.8 Å². The second-order valence-corrected chi connectivity index (χ2v) is 1.64. The van der Waals surface area contributed by atoms with E-state index in [-0.39, 0.29) is 12.8 Å². The van der Waals surface area contributed by atoms with Crippen LogP contribution >= 0.6 is 0 Å². The Morgan fingerprint density at radius 3 is 1.44 bits per heavy atom. The van der Waals surface area contributed by atoms with Crippen LogP contribution in [0.2, 0.25) is 0 Å². The molecule has 0 heterocycles. The van der Waals surface area contributed by atoms with Gasteiger partial charge in [-0.3, -0.25) is 0 Å². The van der Waals surface area contributed by atoms with Crippen molar-refractivity contribution in [2.24, 2.45) is 0 Å². The molecule has 1 saturated carbocycles. The number of halogens is 2. The summed E-state index contributed by atoms with van der Waals surface area (Å²) in [6.45, 7) is 0. The number of hydrogen-bond acceptors (Lipinski definition) is 1. The number of carbonyl (C=O) groups is 1. The molecule has 1 rings (SSSR count). The molecule has 0 aliphatic heterocycles. The lowest BCUT2D eigenvalue weighted by molar-refractivity contribution is 0.120. The SMILES string of the molecule is FC1(F)CC1.O=C(O)O. The third-order valence-corrected chi connectivity index (χ3v) is 0.628. The summed E-state index contributed by atoms with van der Waals surface area (Å²) >= 11 is 0. The molecule has 0 radical (unpaired) electrons. The third kappa shape index (κ3) is 11.0. The average molecular weight is 140 g/mol. The van der Waals surface area contributed by atoms with Gasteiger partial charge in [-0.25, -0.2) is 13.6 Å². The lowest BCUT2D eigenvalue weighted by Crippen LogP contribution is -1.81. The fraction of sp³-hybridized carbons (Fsp3) is 0.750. The van der Waals surface area contributed by atoms with Gasteiger partial charge >= 0.3 is 6.16 Å². The maximum absolute atomic E-state index is 11.1. The van der Waals surface area contributed by atoms with Gasteiger partial charge in [0.05, 0.1) is 0 Å². The minimum absolute atomic E-state index is 0.118. The van der Waals surface area contributed by atoms with Gasteiger partial charge < -0.3 is 10.2 Å². The van der Waals surface area contributed by atoms with Crippen LogP contribution < -0.4 is 0 Å². The standard InChI is InChI=1S/C3H4F2.CH2O3/c4-3(5)1-2-3;2-1(3)4/h1-2H2;(H2,2,3,4). The Morgan fingerprint density at radius 1 is 1.33 bits per heavy atom. The van der Waals surface area contributed by atoms with Gasteiger partial charge in [-0.15, -0.1) is 0 Å². The summed E-state index contributed by atoms with van der Waals surface area (Å²) in [5, 5.41) is 13.9. The molecular formula is C4H6F2O3. The van der Waals surface area contributed by atoms with E-state index < -0.39 is 12.1 Å². The van der Waals surface area contributed by atoms with E-state index in [4.69, 9.17) is 15.0 Å². The van der Waals surface area contributed by atoms with Gasteiger partial charge in [0.1, 0.15) is 0 Å². The first-order valence-electron chi connectivity index (χ1n) is 2.24. The van der Waals surface area contributed by atoms with Crippen molar-refractivity contribution in [1.82, 2.24) is 0 Å². The molecule has 1 aliphatic rings. The van der Waals surface area contributed by atoms with E-state index in [1.165, 1.54) is 0 Å². The van der Waals surface area contributed by atoms with Crippen LogP contribution in [0.3, 0.4) is 0 Å². The fourth-order valence-electron chi connectivity index (χ4n) is 0.0945. The van der Waals surface area contributed by atoms with E-state index in [2.05, 4.69) is 0 Å². The zero-order chi connectivity index (χ0) is 7.49. The molecule has 54 valence electrons. The smallest absolute Gasteiger partial charge is 0.450 e. The molecule has 1 aliphatic carbocycles. The number of alkyl halides is 2. The largest absolute Gasteiger partial charge is 0.503 e. The maximum atomic E-state index is 11.1. The van der Waals surface area contributed by atoms with Crippen molar-refractivity contribution in [2.45, 2.75) is 18.8 Å². The first-order chi connectivity index (χ1) is 3.94. The Morgan fingerprint density at radius 2 is 1.44 bits per heavy atom. The Kier molecular flexibility index (Phi) is 2.36. The van der Waals surface area contributed by atoms with Crippen LogP contribution in [0.15, 0.2) is 0 Å². The highest BCUT2D eigenvalue weighted by molar-refractivity contribution is 5.53. The van der Waals surface area contributed by atoms with Crippen LogP contribution in [0, 0.1) is 0 Å². The predicted molar refractivity (Wildman–Crippen MR) is 24.8 cm³/mol. The molecule has 0 saturated heterocycles. The molecule has 1 fully saturated rings. The third-order valence-electron chi connectivity index (χ3n) is 0.628. The molecule has 0 aromatic carbocycles. The summed E-state index contributed by atoms with van der Waals surface area (Å²) in [6.07, 6.45) is -1.60. The molecule has 9 heavy (non-hydrogen) atoms. The lowest BCUT2D eigenvalue weighted by Gasteiger charge is -1.76. The normalized spacial score (nSPS) is 19.3. The minimum Gasteiger partial charge on any atom is -0.450 e. The van der Waals surface area contributed by atoms with Gasteiger partial charge in [0.15, 0.2) is 0 Å². The average Bonchev–Trinajstić information content (AvgIpc) is 2.16. The molecule has 3 nitrogen and oxygen atoms in total. The summed E-state index contributed by atoms with van der Waals surface area (Å²) in [5.74, 6) is -2.25. The Bertz CT molecular complexity index is 102. The van der Waals surface area contributed by atoms with Crippen LogP contribution in [0.1, 0.15) is 12.8 Å². The quantitative estimate of drug-likeness (QED) is 0.537. The highest BCUT2D eigenvalue weighted by Crippen LogP contribution is 2.40. The molecule has 0 aromatic heterocycles. The maximum Gasteiger partial charge on any atom is 0.503 e. The van der Waals surface area contributed by atoms with Gasteiger partial charge in [-0.05, 0) is 0 Å². The van der Waals surface area contributed by atoms with Crippen LogP contribution in [0.4, 0.5) is 13.6 Å². The predicted octanol–water partition coefficient (Wildman–Crippen LogP) is 1.64. The van der Waals surface area contributed by atoms with Crippen molar-refractivity contribution in [2.75, 3.05) is 0 Å². The molecule has 2 N–H and O–H groups in total. The van der Waals surface area contributed by atoms with E-state index in [1.807, 2.05) is 0 Å². The molecule has 0 bridgehead atoms. The van der Waals surface area contributed by atoms with E-state index in [9.17, 15) is 8.78 Å². The first kappa shape index (κ1) is 8.13. The molecule has 0 spiro atoms. The molecule has 0 amide bonds. The second-order valence-electron chi connectivity index (χ2n) is 1.64. The van der Waals surface area contributed by atoms with E-state index in [0.29, 0.717) is 0 Å². The second kappa shape index (κ2) is 2.61. The molecule has 0 unspecified atom stereocenters. The Hall–Kier alpha value is -0.870. The Labute approximate surface area is 49.9 Å². The topological polar surface area (TPSA) is 57.5 Å². The van der Waals surface area contributed by atoms with Crippen LogP contribution in [-0.4, -0.2) is 22.3 Å². The van der Waals surface area contributed by atoms with E-state index in [0.717, 1.165) is 0 Å². The summed E-state index contributed by atoms with van der Waals surface area (Å²) < 4.78 is 22.3. The van der Waals surface area contributed by atoms with Crippen molar-refractivity contribution in [3.05, 3.63) is 0 Å². The summed E-state index contributed by atoms with van der Waals surface area (Å²) in [6, 6.07) is 0. The zero-order valence-electron chi connectivity index (χ0n) is 4.47. The zero-order valence-corrected chi connectivity index (χ0v) is 4.47. The van der Waals surface area contributed by atoms with E-state index in [1.54, 1.807) is 0 Å². The van der Waals surface area contributed by atoms with Gasteiger partial charge in [-0.1, -0.05) is 0 Å². The minimum atomic E-state index is -2.25. The molecule has 0 aromatic rings. The van der Waals surface area contributed by atoms with Crippen molar-refractivity contribution in [1.29, 1.82) is 0 Å². The summed E-state index contributed by atoms with van der Waals surface area (Å²) in [5.41, 5.74) is 0. The lowest BCUT2D eigenvalue weighted by atomic mass is 10.8. The molecule has 0 atom stereocenters. The van der Waals surface area contributed by atoms with Crippen LogP contribution in [-0.2, 0) is 0 Å². The van der Waals surface area contributed by atoms with Crippen LogP contribution in [0.25, 0.3) is 0 Å². The monoisotopic (exact) mass is 140 g/mol. The number of carboxylic acid groups (broad SMARTS) is 2. The highest BCUT2D eigenvalue weighted by Gasteiger charge is 2.43. The summed E-state index contributed by atoms with van der Waals surface area (Å²) in [7, 11) is 0. The Balaban J connectivity index is 0.000000148. The summed E-state index contributed by atoms with van der Waals surface area (Å²) in [4.78, 5) is 8.56. The van der Waals surface area contributed by atoms with Gasteiger partial charge in [-0.2, -0.15) is 0 Å². The molecule has 5 heteroatoms. The van der Waals surface area contributed by atoms with Crippen LogP contribution in [0.5, 0.6) is 0 Å².